The molecular formula is C15H19BrO3. The van der Waals surface area contributed by atoms with E-state index in [1.807, 2.05) is 19.9 Å². The van der Waals surface area contributed by atoms with Crippen LogP contribution >= 0.6 is 15.9 Å². The van der Waals surface area contributed by atoms with Crippen molar-refractivity contribution in [1.82, 2.24) is 0 Å². The minimum atomic E-state index is -0.346. The Morgan fingerprint density at radius 1 is 1.47 bits per heavy atom. The maximum Gasteiger partial charge on any atom is 0.195 e. The molecule has 1 aliphatic heterocycles. The number of benzene rings is 1. The first-order valence-corrected chi connectivity index (χ1v) is 7.26. The van der Waals surface area contributed by atoms with Gasteiger partial charge in [-0.2, -0.15) is 0 Å². The molecule has 1 aromatic rings. The zero-order valence-corrected chi connectivity index (χ0v) is 13.3. The summed E-state index contributed by atoms with van der Waals surface area (Å²) in [6.45, 7) is 6.59. The monoisotopic (exact) mass is 326 g/mol. The Balaban J connectivity index is 2.51. The van der Waals surface area contributed by atoms with Crippen LogP contribution in [0.4, 0.5) is 0 Å². The second-order valence-corrected chi connectivity index (χ2v) is 5.98. The zero-order chi connectivity index (χ0) is 14.2. The van der Waals surface area contributed by atoms with Gasteiger partial charge < -0.3 is 9.47 Å². The van der Waals surface area contributed by atoms with E-state index in [-0.39, 0.29) is 17.8 Å². The molecule has 1 saturated heterocycles. The van der Waals surface area contributed by atoms with E-state index in [0.29, 0.717) is 17.9 Å². The van der Waals surface area contributed by atoms with E-state index >= 15 is 0 Å². The third kappa shape index (κ3) is 2.56. The number of ketones is 1. The summed E-state index contributed by atoms with van der Waals surface area (Å²) in [5, 5.41) is 0. The van der Waals surface area contributed by atoms with Crippen molar-refractivity contribution in [1.29, 1.82) is 0 Å². The van der Waals surface area contributed by atoms with Gasteiger partial charge in [-0.05, 0) is 43.4 Å². The minimum absolute atomic E-state index is 0.0313. The van der Waals surface area contributed by atoms with Crippen LogP contribution in [0.5, 0.6) is 5.75 Å². The summed E-state index contributed by atoms with van der Waals surface area (Å²) in [5.41, 5.74) is 2.51. The van der Waals surface area contributed by atoms with E-state index in [1.165, 1.54) is 0 Å². The van der Waals surface area contributed by atoms with Gasteiger partial charge in [-0.15, -0.1) is 0 Å². The van der Waals surface area contributed by atoms with Gasteiger partial charge in [0, 0.05) is 11.1 Å². The molecule has 0 bridgehead atoms. The van der Waals surface area contributed by atoms with E-state index < -0.39 is 0 Å². The lowest BCUT2D eigenvalue weighted by molar-refractivity contribution is 0.0575. The van der Waals surface area contributed by atoms with E-state index in [1.54, 1.807) is 7.11 Å². The molecule has 104 valence electrons. The molecule has 2 unspecified atom stereocenters. The van der Waals surface area contributed by atoms with Crippen LogP contribution in [0.15, 0.2) is 10.5 Å². The predicted molar refractivity (Wildman–Crippen MR) is 78.0 cm³/mol. The van der Waals surface area contributed by atoms with Crippen molar-refractivity contribution in [3.05, 3.63) is 27.2 Å². The van der Waals surface area contributed by atoms with E-state index in [0.717, 1.165) is 22.0 Å². The summed E-state index contributed by atoms with van der Waals surface area (Å²) < 4.78 is 12.0. The van der Waals surface area contributed by atoms with Crippen LogP contribution in [0, 0.1) is 19.8 Å². The van der Waals surface area contributed by atoms with Crippen molar-refractivity contribution in [2.75, 3.05) is 13.7 Å². The van der Waals surface area contributed by atoms with Gasteiger partial charge in [0.25, 0.3) is 0 Å². The first-order chi connectivity index (χ1) is 8.97. The fourth-order valence-electron chi connectivity index (χ4n) is 2.58. The highest BCUT2D eigenvalue weighted by Crippen LogP contribution is 2.35. The summed E-state index contributed by atoms with van der Waals surface area (Å²) in [5.74, 6) is 0.952. The standard InChI is InChI=1S/C15H19BrO3/c1-8-5-6-19-15(8)13(17)12-10(3)11(16)7-9(2)14(12)18-4/h7-8,15H,5-6H2,1-4H3. The smallest absolute Gasteiger partial charge is 0.195 e. The molecule has 1 fully saturated rings. The summed E-state index contributed by atoms with van der Waals surface area (Å²) >= 11 is 3.50. The third-order valence-electron chi connectivity index (χ3n) is 3.76. The Hall–Kier alpha value is -0.870. The molecule has 0 amide bonds. The number of carbonyl (C=O) groups excluding carboxylic acids is 1. The number of methoxy groups -OCH3 is 1. The van der Waals surface area contributed by atoms with Gasteiger partial charge in [-0.3, -0.25) is 4.79 Å². The second-order valence-electron chi connectivity index (χ2n) is 5.13. The SMILES string of the molecule is COc1c(C)cc(Br)c(C)c1C(=O)C1OCCC1C. The maximum atomic E-state index is 12.7. The fourth-order valence-corrected chi connectivity index (χ4v) is 3.13. The molecule has 1 aliphatic rings. The van der Waals surface area contributed by atoms with Crippen LogP contribution in [-0.4, -0.2) is 25.6 Å². The summed E-state index contributed by atoms with van der Waals surface area (Å²) in [6, 6.07) is 1.98. The number of halogens is 1. The highest BCUT2D eigenvalue weighted by Gasteiger charge is 2.34. The van der Waals surface area contributed by atoms with Crippen molar-refractivity contribution >= 4 is 21.7 Å². The molecule has 1 aromatic carbocycles. The van der Waals surface area contributed by atoms with Crippen molar-refractivity contribution in [2.45, 2.75) is 33.3 Å². The topological polar surface area (TPSA) is 35.5 Å². The number of hydrogen-bond acceptors (Lipinski definition) is 3. The van der Waals surface area contributed by atoms with E-state index in [9.17, 15) is 4.79 Å². The highest BCUT2D eigenvalue weighted by atomic mass is 79.9. The van der Waals surface area contributed by atoms with Crippen molar-refractivity contribution < 1.29 is 14.3 Å². The lowest BCUT2D eigenvalue weighted by atomic mass is 9.92. The molecular weight excluding hydrogens is 308 g/mol. The summed E-state index contributed by atoms with van der Waals surface area (Å²) in [6.07, 6.45) is 0.589. The molecule has 0 N–H and O–H groups in total. The van der Waals surface area contributed by atoms with Gasteiger partial charge in [-0.1, -0.05) is 22.9 Å². The van der Waals surface area contributed by atoms with E-state index in [4.69, 9.17) is 9.47 Å². The second kappa shape index (κ2) is 5.63. The van der Waals surface area contributed by atoms with Crippen molar-refractivity contribution in [3.63, 3.8) is 0 Å². The van der Waals surface area contributed by atoms with Crippen LogP contribution in [0.25, 0.3) is 0 Å². The van der Waals surface area contributed by atoms with Crippen molar-refractivity contribution in [3.8, 4) is 5.75 Å². The molecule has 2 atom stereocenters. The average molecular weight is 327 g/mol. The molecule has 3 nitrogen and oxygen atoms in total. The van der Waals surface area contributed by atoms with Crippen LogP contribution in [0.3, 0.4) is 0 Å². The predicted octanol–water partition coefficient (Wildman–Crippen LogP) is 3.68. The Kier molecular flexibility index (Phi) is 4.31. The van der Waals surface area contributed by atoms with Crippen LogP contribution in [0.1, 0.15) is 34.8 Å². The van der Waals surface area contributed by atoms with Crippen LogP contribution in [0.2, 0.25) is 0 Å². The van der Waals surface area contributed by atoms with Gasteiger partial charge in [0.15, 0.2) is 5.78 Å². The average Bonchev–Trinajstić information content (AvgIpc) is 2.79. The molecule has 1 heterocycles. The molecule has 19 heavy (non-hydrogen) atoms. The number of rotatable bonds is 3. The molecule has 0 spiro atoms. The lowest BCUT2D eigenvalue weighted by Crippen LogP contribution is -2.26. The molecule has 0 saturated carbocycles. The Morgan fingerprint density at radius 3 is 2.68 bits per heavy atom. The van der Waals surface area contributed by atoms with E-state index in [2.05, 4.69) is 22.9 Å². The normalized spacial score (nSPS) is 22.6. The Morgan fingerprint density at radius 2 is 2.16 bits per heavy atom. The Labute approximate surface area is 122 Å². The van der Waals surface area contributed by atoms with Crippen LogP contribution in [-0.2, 0) is 4.74 Å². The largest absolute Gasteiger partial charge is 0.496 e. The zero-order valence-electron chi connectivity index (χ0n) is 11.7. The van der Waals surface area contributed by atoms with Gasteiger partial charge >= 0.3 is 0 Å². The maximum absolute atomic E-state index is 12.7. The molecule has 0 aliphatic carbocycles. The number of ether oxygens (including phenoxy) is 2. The first kappa shape index (κ1) is 14.5. The lowest BCUT2D eigenvalue weighted by Gasteiger charge is -2.19. The van der Waals surface area contributed by atoms with Gasteiger partial charge in [0.2, 0.25) is 0 Å². The fraction of sp³-hybridized carbons (Fsp3) is 0.533. The molecule has 0 aromatic heterocycles. The van der Waals surface area contributed by atoms with Gasteiger partial charge in [0.05, 0.1) is 12.7 Å². The number of aryl methyl sites for hydroxylation is 1. The molecule has 2 rings (SSSR count). The van der Waals surface area contributed by atoms with Gasteiger partial charge in [0.1, 0.15) is 11.9 Å². The highest BCUT2D eigenvalue weighted by molar-refractivity contribution is 9.10. The number of Topliss-reactive ketones (excluding diaryl/α,β-unsaturated/α-hetero) is 1. The number of hydrogen-bond donors (Lipinski definition) is 0. The minimum Gasteiger partial charge on any atom is -0.496 e. The first-order valence-electron chi connectivity index (χ1n) is 6.46. The quantitative estimate of drug-likeness (QED) is 0.795. The molecule has 4 heteroatoms. The molecule has 0 radical (unpaired) electrons. The van der Waals surface area contributed by atoms with Crippen molar-refractivity contribution in [2.24, 2.45) is 5.92 Å². The van der Waals surface area contributed by atoms with Gasteiger partial charge in [-0.25, -0.2) is 0 Å². The van der Waals surface area contributed by atoms with Crippen LogP contribution < -0.4 is 4.74 Å². The summed E-state index contributed by atoms with van der Waals surface area (Å²) in [4.78, 5) is 12.7. The number of carbonyl (C=O) groups is 1. The summed E-state index contributed by atoms with van der Waals surface area (Å²) in [7, 11) is 1.60. The third-order valence-corrected chi connectivity index (χ3v) is 4.58. The Bertz CT molecular complexity index is 511.